The number of rotatable bonds is 6. The predicted octanol–water partition coefficient (Wildman–Crippen LogP) is 2.63. The molecule has 1 amide bonds. The summed E-state index contributed by atoms with van der Waals surface area (Å²) in [6.07, 6.45) is 0.809. The maximum atomic E-state index is 12.3. The molecule has 6 heteroatoms. The second-order valence-corrected chi connectivity index (χ2v) is 6.40. The zero-order chi connectivity index (χ0) is 16.0. The molecule has 0 fully saturated rings. The van der Waals surface area contributed by atoms with Gasteiger partial charge in [0, 0.05) is 6.54 Å². The number of sulfonamides is 1. The van der Waals surface area contributed by atoms with Gasteiger partial charge < -0.3 is 5.32 Å². The first-order chi connectivity index (χ1) is 10.5. The zero-order valence-electron chi connectivity index (χ0n) is 12.2. The molecule has 22 heavy (non-hydrogen) atoms. The normalized spacial score (nSPS) is 11.0. The first kappa shape index (κ1) is 16.0. The third kappa shape index (κ3) is 3.85. The maximum Gasteiger partial charge on any atom is 0.261 e. The molecule has 2 aromatic carbocycles. The first-order valence-electron chi connectivity index (χ1n) is 6.99. The molecule has 0 saturated carbocycles. The van der Waals surface area contributed by atoms with Crippen molar-refractivity contribution >= 4 is 21.6 Å². The average molecular weight is 318 g/mol. The second kappa shape index (κ2) is 7.09. The highest BCUT2D eigenvalue weighted by atomic mass is 32.2. The summed E-state index contributed by atoms with van der Waals surface area (Å²) < 4.78 is 27.2. The Morgan fingerprint density at radius 2 is 1.64 bits per heavy atom. The molecule has 0 unspecified atom stereocenters. The summed E-state index contributed by atoms with van der Waals surface area (Å²) in [6, 6.07) is 14.6. The van der Waals surface area contributed by atoms with Crippen LogP contribution in [-0.4, -0.2) is 20.9 Å². The predicted molar refractivity (Wildman–Crippen MR) is 86.3 cm³/mol. The van der Waals surface area contributed by atoms with Gasteiger partial charge in [-0.3, -0.25) is 9.52 Å². The van der Waals surface area contributed by atoms with E-state index in [0.29, 0.717) is 12.1 Å². The topological polar surface area (TPSA) is 75.3 Å². The summed E-state index contributed by atoms with van der Waals surface area (Å²) in [5.74, 6) is -0.298. The summed E-state index contributed by atoms with van der Waals surface area (Å²) in [5.41, 5.74) is 0.565. The Morgan fingerprint density at radius 3 is 2.32 bits per heavy atom. The number of carbonyl (C=O) groups is 1. The number of nitrogens with one attached hydrogen (secondary N) is 2. The molecule has 0 atom stereocenters. The van der Waals surface area contributed by atoms with Gasteiger partial charge in [-0.25, -0.2) is 8.42 Å². The largest absolute Gasteiger partial charge is 0.352 e. The molecule has 0 saturated heterocycles. The van der Waals surface area contributed by atoms with E-state index in [1.807, 2.05) is 6.92 Å². The van der Waals surface area contributed by atoms with Gasteiger partial charge >= 0.3 is 0 Å². The molecule has 2 rings (SSSR count). The maximum absolute atomic E-state index is 12.3. The lowest BCUT2D eigenvalue weighted by atomic mass is 10.1. The molecule has 2 N–H and O–H groups in total. The van der Waals surface area contributed by atoms with Crippen molar-refractivity contribution in [1.82, 2.24) is 5.32 Å². The molecule has 0 aliphatic rings. The van der Waals surface area contributed by atoms with Gasteiger partial charge in [0.05, 0.1) is 16.1 Å². The molecule has 0 bridgehead atoms. The van der Waals surface area contributed by atoms with Crippen LogP contribution in [0.15, 0.2) is 59.5 Å². The summed E-state index contributed by atoms with van der Waals surface area (Å²) in [7, 11) is -3.72. The van der Waals surface area contributed by atoms with E-state index in [1.54, 1.807) is 42.5 Å². The third-order valence-corrected chi connectivity index (χ3v) is 4.39. The van der Waals surface area contributed by atoms with E-state index in [2.05, 4.69) is 10.0 Å². The van der Waals surface area contributed by atoms with Gasteiger partial charge in [-0.05, 0) is 30.7 Å². The molecule has 0 spiro atoms. The number of hydrogen-bond acceptors (Lipinski definition) is 3. The van der Waals surface area contributed by atoms with Gasteiger partial charge in [0.2, 0.25) is 0 Å². The first-order valence-corrected chi connectivity index (χ1v) is 8.48. The summed E-state index contributed by atoms with van der Waals surface area (Å²) in [4.78, 5) is 12.3. The quantitative estimate of drug-likeness (QED) is 0.859. The van der Waals surface area contributed by atoms with E-state index in [4.69, 9.17) is 0 Å². The van der Waals surface area contributed by atoms with Gasteiger partial charge in [0.15, 0.2) is 0 Å². The van der Waals surface area contributed by atoms with E-state index < -0.39 is 10.0 Å². The Balaban J connectivity index is 2.29. The highest BCUT2D eigenvalue weighted by Crippen LogP contribution is 2.20. The summed E-state index contributed by atoms with van der Waals surface area (Å²) in [5, 5.41) is 2.74. The highest BCUT2D eigenvalue weighted by Gasteiger charge is 2.17. The average Bonchev–Trinajstić information content (AvgIpc) is 2.53. The van der Waals surface area contributed by atoms with Crippen LogP contribution < -0.4 is 10.0 Å². The molecule has 0 radical (unpaired) electrons. The fraction of sp³-hybridized carbons (Fsp3) is 0.188. The minimum Gasteiger partial charge on any atom is -0.352 e. The van der Waals surface area contributed by atoms with Crippen molar-refractivity contribution in [3.05, 3.63) is 60.2 Å². The lowest BCUT2D eigenvalue weighted by molar-refractivity contribution is 0.0954. The number of para-hydroxylation sites is 1. The minimum absolute atomic E-state index is 0.152. The Kier molecular flexibility index (Phi) is 5.16. The summed E-state index contributed by atoms with van der Waals surface area (Å²) in [6.45, 7) is 2.49. The molecule has 0 aromatic heterocycles. The van der Waals surface area contributed by atoms with Gasteiger partial charge in [0.1, 0.15) is 0 Å². The highest BCUT2D eigenvalue weighted by molar-refractivity contribution is 7.92. The molecular weight excluding hydrogens is 300 g/mol. The Labute approximate surface area is 130 Å². The molecular formula is C16H18N2O3S. The van der Waals surface area contributed by atoms with Crippen LogP contribution in [-0.2, 0) is 10.0 Å². The van der Waals surface area contributed by atoms with Crippen LogP contribution in [0.5, 0.6) is 0 Å². The number of benzene rings is 2. The lowest BCUT2D eigenvalue weighted by Crippen LogP contribution is -2.25. The van der Waals surface area contributed by atoms with Gasteiger partial charge in [-0.15, -0.1) is 0 Å². The van der Waals surface area contributed by atoms with Crippen molar-refractivity contribution < 1.29 is 13.2 Å². The lowest BCUT2D eigenvalue weighted by Gasteiger charge is -2.12. The van der Waals surface area contributed by atoms with Crippen LogP contribution in [0.25, 0.3) is 0 Å². The van der Waals surface area contributed by atoms with Crippen LogP contribution in [0, 0.1) is 0 Å². The number of hydrogen-bond donors (Lipinski definition) is 2. The van der Waals surface area contributed by atoms with E-state index in [0.717, 1.165) is 6.42 Å². The molecule has 0 heterocycles. The standard InChI is InChI=1S/C16H18N2O3S/c1-2-12-17-16(19)14-10-6-7-11-15(14)18-22(20,21)13-8-4-3-5-9-13/h3-11,18H,2,12H2,1H3,(H,17,19). The molecule has 0 aliphatic heterocycles. The smallest absolute Gasteiger partial charge is 0.261 e. The fourth-order valence-corrected chi connectivity index (χ4v) is 3.01. The van der Waals surface area contributed by atoms with Crippen molar-refractivity contribution in [3.63, 3.8) is 0 Å². The van der Waals surface area contributed by atoms with Crippen LogP contribution >= 0.6 is 0 Å². The van der Waals surface area contributed by atoms with E-state index >= 15 is 0 Å². The van der Waals surface area contributed by atoms with E-state index in [-0.39, 0.29) is 16.5 Å². The van der Waals surface area contributed by atoms with Crippen LogP contribution in [0.1, 0.15) is 23.7 Å². The molecule has 5 nitrogen and oxygen atoms in total. The van der Waals surface area contributed by atoms with Gasteiger partial charge in [-0.2, -0.15) is 0 Å². The third-order valence-electron chi connectivity index (χ3n) is 3.01. The van der Waals surface area contributed by atoms with Crippen molar-refractivity contribution in [2.75, 3.05) is 11.3 Å². The number of anilines is 1. The molecule has 116 valence electrons. The number of carbonyl (C=O) groups excluding carboxylic acids is 1. The SMILES string of the molecule is CCCNC(=O)c1ccccc1NS(=O)(=O)c1ccccc1. The molecule has 0 aliphatic carbocycles. The van der Waals surface area contributed by atoms with Crippen LogP contribution in [0.4, 0.5) is 5.69 Å². The Hall–Kier alpha value is -2.34. The van der Waals surface area contributed by atoms with Gasteiger partial charge in [0.25, 0.3) is 15.9 Å². The van der Waals surface area contributed by atoms with Crippen molar-refractivity contribution in [1.29, 1.82) is 0 Å². The Morgan fingerprint density at radius 1 is 1.00 bits per heavy atom. The van der Waals surface area contributed by atoms with Crippen molar-refractivity contribution in [2.45, 2.75) is 18.2 Å². The van der Waals surface area contributed by atoms with E-state index in [9.17, 15) is 13.2 Å². The van der Waals surface area contributed by atoms with Crippen molar-refractivity contribution in [3.8, 4) is 0 Å². The Bertz CT molecular complexity index is 743. The zero-order valence-corrected chi connectivity index (χ0v) is 13.1. The summed E-state index contributed by atoms with van der Waals surface area (Å²) >= 11 is 0. The van der Waals surface area contributed by atoms with E-state index in [1.165, 1.54) is 12.1 Å². The molecule has 2 aromatic rings. The van der Waals surface area contributed by atoms with Gasteiger partial charge in [-0.1, -0.05) is 37.3 Å². The number of amides is 1. The second-order valence-electron chi connectivity index (χ2n) is 4.72. The minimum atomic E-state index is -3.72. The fourth-order valence-electron chi connectivity index (χ4n) is 1.91. The monoisotopic (exact) mass is 318 g/mol. The van der Waals surface area contributed by atoms with Crippen molar-refractivity contribution in [2.24, 2.45) is 0 Å². The van der Waals surface area contributed by atoms with Crippen LogP contribution in [0.2, 0.25) is 0 Å². The van der Waals surface area contributed by atoms with Crippen LogP contribution in [0.3, 0.4) is 0 Å².